The first-order chi connectivity index (χ1) is 13.0. The number of carbonyl (C=O) groups is 1. The van der Waals surface area contributed by atoms with Crippen LogP contribution in [-0.4, -0.2) is 46.8 Å². The van der Waals surface area contributed by atoms with E-state index in [0.717, 1.165) is 18.8 Å². The maximum absolute atomic E-state index is 12.9. The lowest BCUT2D eigenvalue weighted by Crippen LogP contribution is -2.50. The average molecular weight is 383 g/mol. The molecule has 27 heavy (non-hydrogen) atoms. The number of hydrogen-bond donors (Lipinski definition) is 0. The topological polar surface area (TPSA) is 58.4 Å². The Hall–Kier alpha value is -2.86. The molecule has 1 saturated heterocycles. The van der Waals surface area contributed by atoms with Gasteiger partial charge in [-0.15, -0.1) is 0 Å². The van der Waals surface area contributed by atoms with Crippen molar-refractivity contribution in [3.63, 3.8) is 0 Å². The van der Waals surface area contributed by atoms with Crippen LogP contribution in [0.1, 0.15) is 10.5 Å². The van der Waals surface area contributed by atoms with Crippen molar-refractivity contribution in [2.75, 3.05) is 31.1 Å². The molecule has 0 N–H and O–H groups in total. The van der Waals surface area contributed by atoms with Crippen LogP contribution in [0, 0.1) is 0 Å². The minimum absolute atomic E-state index is 0.0552. The number of aryl methyl sites for hydroxylation is 1. The number of hydrogen-bond acceptors (Lipinski definition) is 4. The Kier molecular flexibility index (Phi) is 4.58. The maximum Gasteiger partial charge on any atom is 0.278 e. The van der Waals surface area contributed by atoms with Crippen LogP contribution in [0.3, 0.4) is 0 Å². The number of nitrogens with zero attached hydrogens (tertiary/aromatic N) is 4. The lowest BCUT2D eigenvalue weighted by molar-refractivity contribution is 0.0737. The molecule has 0 spiro atoms. The van der Waals surface area contributed by atoms with Gasteiger partial charge in [0.15, 0.2) is 5.69 Å². The van der Waals surface area contributed by atoms with E-state index in [2.05, 4.69) is 22.1 Å². The van der Waals surface area contributed by atoms with Gasteiger partial charge in [-0.3, -0.25) is 14.3 Å². The fraction of sp³-hybridized carbons (Fsp3) is 0.250. The SMILES string of the molecule is Cn1nc(C(=O)N2CCN(c3ccccc3)CC2)c(=O)c2cc(Cl)ccc21. The molecular formula is C20H19ClN4O2. The number of carbonyl (C=O) groups excluding carboxylic acids is 1. The van der Waals surface area contributed by atoms with Crippen molar-refractivity contribution < 1.29 is 4.79 Å². The molecule has 0 aliphatic carbocycles. The first kappa shape index (κ1) is 17.5. The standard InChI is InChI=1S/C20H19ClN4O2/c1-23-17-8-7-14(21)13-16(17)19(26)18(22-23)20(27)25-11-9-24(10-12-25)15-5-3-2-4-6-15/h2-8,13H,9-12H2,1H3. The molecule has 1 aliphatic heterocycles. The Morgan fingerprint density at radius 3 is 2.44 bits per heavy atom. The third kappa shape index (κ3) is 3.28. The number of rotatable bonds is 2. The molecule has 2 aromatic carbocycles. The van der Waals surface area contributed by atoms with Gasteiger partial charge in [-0.25, -0.2) is 0 Å². The van der Waals surface area contributed by atoms with Crippen molar-refractivity contribution in [3.8, 4) is 0 Å². The first-order valence-corrected chi connectivity index (χ1v) is 9.18. The molecule has 1 aromatic heterocycles. The summed E-state index contributed by atoms with van der Waals surface area (Å²) in [6.45, 7) is 2.53. The molecule has 4 rings (SSSR count). The maximum atomic E-state index is 12.9. The largest absolute Gasteiger partial charge is 0.368 e. The van der Waals surface area contributed by atoms with Crippen LogP contribution in [0.25, 0.3) is 10.9 Å². The number of halogens is 1. The van der Waals surface area contributed by atoms with Gasteiger partial charge in [0.05, 0.1) is 10.9 Å². The Morgan fingerprint density at radius 2 is 1.74 bits per heavy atom. The second kappa shape index (κ2) is 7.04. The molecule has 0 saturated carbocycles. The molecule has 2 heterocycles. The van der Waals surface area contributed by atoms with E-state index >= 15 is 0 Å². The van der Waals surface area contributed by atoms with E-state index < -0.39 is 0 Å². The molecule has 1 fully saturated rings. The molecule has 0 bridgehead atoms. The zero-order valence-electron chi connectivity index (χ0n) is 14.9. The summed E-state index contributed by atoms with van der Waals surface area (Å²) >= 11 is 6.03. The van der Waals surface area contributed by atoms with Crippen LogP contribution in [0.15, 0.2) is 53.3 Å². The van der Waals surface area contributed by atoms with Gasteiger partial charge in [-0.2, -0.15) is 5.10 Å². The minimum Gasteiger partial charge on any atom is -0.368 e. The van der Waals surface area contributed by atoms with Gasteiger partial charge >= 0.3 is 0 Å². The van der Waals surface area contributed by atoms with Crippen molar-refractivity contribution in [1.82, 2.24) is 14.7 Å². The highest BCUT2D eigenvalue weighted by molar-refractivity contribution is 6.31. The second-order valence-electron chi connectivity index (χ2n) is 6.58. The molecule has 1 amide bonds. The van der Waals surface area contributed by atoms with E-state index in [1.54, 1.807) is 34.8 Å². The summed E-state index contributed by atoms with van der Waals surface area (Å²) in [7, 11) is 1.72. The van der Waals surface area contributed by atoms with Gasteiger partial charge in [-0.1, -0.05) is 29.8 Å². The van der Waals surface area contributed by atoms with E-state index in [1.807, 2.05) is 18.2 Å². The Balaban J connectivity index is 1.59. The van der Waals surface area contributed by atoms with Gasteiger partial charge < -0.3 is 9.80 Å². The van der Waals surface area contributed by atoms with Crippen LogP contribution in [0.4, 0.5) is 5.69 Å². The molecule has 0 unspecified atom stereocenters. The molecule has 3 aromatic rings. The second-order valence-corrected chi connectivity index (χ2v) is 7.01. The lowest BCUT2D eigenvalue weighted by atomic mass is 10.1. The number of aromatic nitrogens is 2. The molecule has 138 valence electrons. The van der Waals surface area contributed by atoms with Gasteiger partial charge in [0.1, 0.15) is 0 Å². The van der Waals surface area contributed by atoms with Gasteiger partial charge in [0.2, 0.25) is 5.43 Å². The summed E-state index contributed by atoms with van der Waals surface area (Å²) in [5, 5.41) is 5.11. The summed E-state index contributed by atoms with van der Waals surface area (Å²) in [5.74, 6) is -0.329. The highest BCUT2D eigenvalue weighted by atomic mass is 35.5. The number of para-hydroxylation sites is 1. The Bertz CT molecular complexity index is 1060. The fourth-order valence-corrected chi connectivity index (χ4v) is 3.62. The van der Waals surface area contributed by atoms with Crippen molar-refractivity contribution in [1.29, 1.82) is 0 Å². The number of anilines is 1. The van der Waals surface area contributed by atoms with Crippen LogP contribution >= 0.6 is 11.6 Å². The fourth-order valence-electron chi connectivity index (χ4n) is 3.45. The van der Waals surface area contributed by atoms with Gasteiger partial charge in [-0.05, 0) is 30.3 Å². The van der Waals surface area contributed by atoms with E-state index in [0.29, 0.717) is 29.0 Å². The van der Waals surface area contributed by atoms with Crippen LogP contribution in [0.5, 0.6) is 0 Å². The predicted molar refractivity (Wildman–Crippen MR) is 107 cm³/mol. The van der Waals surface area contributed by atoms with Crippen molar-refractivity contribution >= 4 is 34.1 Å². The molecule has 0 atom stereocenters. The van der Waals surface area contributed by atoms with E-state index in [1.165, 1.54) is 0 Å². The van der Waals surface area contributed by atoms with Gasteiger partial charge in [0.25, 0.3) is 5.91 Å². The zero-order valence-corrected chi connectivity index (χ0v) is 15.7. The Labute approximate surface area is 161 Å². The van der Waals surface area contributed by atoms with E-state index in [4.69, 9.17) is 11.6 Å². The van der Waals surface area contributed by atoms with Crippen LogP contribution < -0.4 is 10.3 Å². The van der Waals surface area contributed by atoms with Crippen LogP contribution in [-0.2, 0) is 7.05 Å². The van der Waals surface area contributed by atoms with E-state index in [-0.39, 0.29) is 17.0 Å². The number of benzene rings is 2. The van der Waals surface area contributed by atoms with Gasteiger partial charge in [0, 0.05) is 43.9 Å². The summed E-state index contributed by atoms with van der Waals surface area (Å²) in [5.41, 5.74) is 1.36. The molecule has 7 heteroatoms. The average Bonchev–Trinajstić information content (AvgIpc) is 2.71. The number of piperazine rings is 1. The monoisotopic (exact) mass is 382 g/mol. The smallest absolute Gasteiger partial charge is 0.278 e. The third-order valence-electron chi connectivity index (χ3n) is 4.91. The summed E-state index contributed by atoms with van der Waals surface area (Å²) in [4.78, 5) is 29.7. The molecular weight excluding hydrogens is 364 g/mol. The number of fused-ring (bicyclic) bond motifs is 1. The first-order valence-electron chi connectivity index (χ1n) is 8.80. The predicted octanol–water partition coefficient (Wildman–Crippen LogP) is 2.55. The molecule has 0 radical (unpaired) electrons. The highest BCUT2D eigenvalue weighted by Crippen LogP contribution is 2.18. The van der Waals surface area contributed by atoms with Crippen LogP contribution in [0.2, 0.25) is 5.02 Å². The van der Waals surface area contributed by atoms with Crippen molar-refractivity contribution in [2.45, 2.75) is 0 Å². The lowest BCUT2D eigenvalue weighted by Gasteiger charge is -2.35. The minimum atomic E-state index is -0.374. The third-order valence-corrected chi connectivity index (χ3v) is 5.14. The molecule has 6 nitrogen and oxygen atoms in total. The quantitative estimate of drug-likeness (QED) is 0.683. The van der Waals surface area contributed by atoms with Crippen molar-refractivity contribution in [2.24, 2.45) is 7.05 Å². The van der Waals surface area contributed by atoms with E-state index in [9.17, 15) is 9.59 Å². The van der Waals surface area contributed by atoms with Crippen molar-refractivity contribution in [3.05, 3.63) is 69.5 Å². The summed E-state index contributed by atoms with van der Waals surface area (Å²) in [6, 6.07) is 15.1. The summed E-state index contributed by atoms with van der Waals surface area (Å²) in [6.07, 6.45) is 0. The summed E-state index contributed by atoms with van der Waals surface area (Å²) < 4.78 is 1.56. The Morgan fingerprint density at radius 1 is 1.04 bits per heavy atom. The zero-order chi connectivity index (χ0) is 19.0. The highest BCUT2D eigenvalue weighted by Gasteiger charge is 2.26. The number of amides is 1. The normalized spacial score (nSPS) is 14.6. The molecule has 1 aliphatic rings.